The summed E-state index contributed by atoms with van der Waals surface area (Å²) in [5.74, 6) is 1.40. The van der Waals surface area contributed by atoms with Gasteiger partial charge in [-0.05, 0) is 36.8 Å². The summed E-state index contributed by atoms with van der Waals surface area (Å²) < 4.78 is 5.62. The van der Waals surface area contributed by atoms with Gasteiger partial charge in [-0.2, -0.15) is 0 Å². The Hall–Kier alpha value is -1.47. The Morgan fingerprint density at radius 2 is 1.73 bits per heavy atom. The lowest BCUT2D eigenvalue weighted by molar-refractivity contribution is 0.483. The van der Waals surface area contributed by atoms with Crippen molar-refractivity contribution in [3.63, 3.8) is 0 Å². The molecule has 0 aliphatic heterocycles. The van der Waals surface area contributed by atoms with Gasteiger partial charge in [-0.15, -0.1) is 0 Å². The Morgan fingerprint density at radius 3 is 2.47 bits per heavy atom. The molecule has 0 unspecified atom stereocenters. The fourth-order valence-corrected chi connectivity index (χ4v) is 1.40. The number of halogens is 1. The van der Waals surface area contributed by atoms with Gasteiger partial charge in [0.25, 0.3) is 0 Å². The van der Waals surface area contributed by atoms with Gasteiger partial charge in [-0.25, -0.2) is 0 Å². The Labute approximate surface area is 94.3 Å². The zero-order valence-electron chi connectivity index (χ0n) is 8.11. The largest absolute Gasteiger partial charge is 0.456 e. The van der Waals surface area contributed by atoms with Crippen LogP contribution in [0.15, 0.2) is 48.5 Å². The van der Waals surface area contributed by atoms with Crippen LogP contribution in [0.1, 0.15) is 5.56 Å². The standard InChI is InChI=1S/C13H10ClO/c1-10-7-8-12(14)13(9-10)15-11-5-3-2-4-6-11/h2-9H,1H2. The minimum Gasteiger partial charge on any atom is -0.456 e. The Bertz CT molecular complexity index is 451. The number of hydrogen-bond acceptors (Lipinski definition) is 1. The first-order valence-corrected chi connectivity index (χ1v) is 4.98. The summed E-state index contributed by atoms with van der Waals surface area (Å²) in [5.41, 5.74) is 0.880. The molecule has 0 aromatic heterocycles. The molecule has 0 saturated heterocycles. The van der Waals surface area contributed by atoms with Gasteiger partial charge in [-0.3, -0.25) is 0 Å². The first-order valence-electron chi connectivity index (χ1n) is 4.60. The maximum absolute atomic E-state index is 5.99. The van der Waals surface area contributed by atoms with Crippen molar-refractivity contribution in [3.8, 4) is 11.5 Å². The van der Waals surface area contributed by atoms with Gasteiger partial charge in [0, 0.05) is 0 Å². The Balaban J connectivity index is 2.28. The third-order valence-electron chi connectivity index (χ3n) is 1.97. The normalized spacial score (nSPS) is 10.0. The van der Waals surface area contributed by atoms with Crippen LogP contribution < -0.4 is 4.74 Å². The predicted octanol–water partition coefficient (Wildman–Crippen LogP) is 4.31. The van der Waals surface area contributed by atoms with E-state index < -0.39 is 0 Å². The van der Waals surface area contributed by atoms with Crippen molar-refractivity contribution in [1.82, 2.24) is 0 Å². The number of hydrogen-bond donors (Lipinski definition) is 0. The van der Waals surface area contributed by atoms with Gasteiger partial charge in [0.15, 0.2) is 0 Å². The summed E-state index contributed by atoms with van der Waals surface area (Å²) in [7, 11) is 0. The molecule has 1 radical (unpaired) electrons. The summed E-state index contributed by atoms with van der Waals surface area (Å²) in [5, 5.41) is 0.589. The maximum atomic E-state index is 5.99. The van der Waals surface area contributed by atoms with E-state index >= 15 is 0 Å². The molecule has 15 heavy (non-hydrogen) atoms. The smallest absolute Gasteiger partial charge is 0.146 e. The van der Waals surface area contributed by atoms with E-state index in [0.29, 0.717) is 10.8 Å². The molecule has 0 aliphatic rings. The molecule has 0 aliphatic carbocycles. The molecule has 0 amide bonds. The van der Waals surface area contributed by atoms with Gasteiger partial charge < -0.3 is 4.74 Å². The van der Waals surface area contributed by atoms with Crippen molar-refractivity contribution in [3.05, 3.63) is 66.0 Å². The number of ether oxygens (including phenoxy) is 1. The third-order valence-corrected chi connectivity index (χ3v) is 2.28. The van der Waals surface area contributed by atoms with Crippen LogP contribution in [-0.4, -0.2) is 0 Å². The van der Waals surface area contributed by atoms with Crippen molar-refractivity contribution < 1.29 is 4.74 Å². The average Bonchev–Trinajstić information content (AvgIpc) is 2.25. The molecule has 0 heterocycles. The molecule has 2 heteroatoms. The zero-order valence-corrected chi connectivity index (χ0v) is 8.87. The van der Waals surface area contributed by atoms with E-state index in [-0.39, 0.29) is 0 Å². The van der Waals surface area contributed by atoms with Crippen LogP contribution in [0, 0.1) is 6.92 Å². The molecule has 0 spiro atoms. The molecule has 1 nitrogen and oxygen atoms in total. The van der Waals surface area contributed by atoms with Crippen molar-refractivity contribution in [1.29, 1.82) is 0 Å². The topological polar surface area (TPSA) is 9.23 Å². The van der Waals surface area contributed by atoms with E-state index in [4.69, 9.17) is 16.3 Å². The summed E-state index contributed by atoms with van der Waals surface area (Å²) in [6.07, 6.45) is 0. The molecular formula is C13H10ClO. The monoisotopic (exact) mass is 217 g/mol. The van der Waals surface area contributed by atoms with Gasteiger partial charge >= 0.3 is 0 Å². The molecular weight excluding hydrogens is 208 g/mol. The van der Waals surface area contributed by atoms with E-state index in [1.807, 2.05) is 42.5 Å². The lowest BCUT2D eigenvalue weighted by Gasteiger charge is -2.07. The molecule has 75 valence electrons. The highest BCUT2D eigenvalue weighted by atomic mass is 35.5. The van der Waals surface area contributed by atoms with E-state index in [0.717, 1.165) is 11.3 Å². The summed E-state index contributed by atoms with van der Waals surface area (Å²) in [4.78, 5) is 0. The molecule has 0 atom stereocenters. The molecule has 2 aromatic rings. The Kier molecular flexibility index (Phi) is 2.93. The first kappa shape index (κ1) is 10.1. The minimum absolute atomic E-state index is 0.589. The fraction of sp³-hybridized carbons (Fsp3) is 0. The van der Waals surface area contributed by atoms with Crippen molar-refractivity contribution in [2.45, 2.75) is 0 Å². The van der Waals surface area contributed by atoms with Crippen LogP contribution in [0.25, 0.3) is 0 Å². The fourth-order valence-electron chi connectivity index (χ4n) is 1.24. The lowest BCUT2D eigenvalue weighted by atomic mass is 10.2. The molecule has 0 fully saturated rings. The predicted molar refractivity (Wildman–Crippen MR) is 62.4 cm³/mol. The first-order chi connectivity index (χ1) is 7.25. The maximum Gasteiger partial charge on any atom is 0.146 e. The van der Waals surface area contributed by atoms with E-state index in [9.17, 15) is 0 Å². The highest BCUT2D eigenvalue weighted by Gasteiger charge is 2.02. The van der Waals surface area contributed by atoms with Gasteiger partial charge in [0.05, 0.1) is 5.02 Å². The second-order valence-electron chi connectivity index (χ2n) is 3.18. The van der Waals surface area contributed by atoms with Gasteiger partial charge in [0.2, 0.25) is 0 Å². The molecule has 2 rings (SSSR count). The third kappa shape index (κ3) is 2.51. The number of rotatable bonds is 2. The van der Waals surface area contributed by atoms with Crippen LogP contribution in [0.2, 0.25) is 5.02 Å². The second-order valence-corrected chi connectivity index (χ2v) is 3.59. The van der Waals surface area contributed by atoms with Crippen LogP contribution in [0.3, 0.4) is 0 Å². The number of para-hydroxylation sites is 1. The molecule has 0 N–H and O–H groups in total. The number of benzene rings is 2. The molecule has 2 aromatic carbocycles. The van der Waals surface area contributed by atoms with Crippen LogP contribution in [0.4, 0.5) is 0 Å². The van der Waals surface area contributed by atoms with E-state index in [1.54, 1.807) is 6.07 Å². The molecule has 0 bridgehead atoms. The van der Waals surface area contributed by atoms with Crippen LogP contribution >= 0.6 is 11.6 Å². The van der Waals surface area contributed by atoms with Crippen molar-refractivity contribution >= 4 is 11.6 Å². The average molecular weight is 218 g/mol. The minimum atomic E-state index is 0.589. The van der Waals surface area contributed by atoms with Gasteiger partial charge in [-0.1, -0.05) is 35.9 Å². The van der Waals surface area contributed by atoms with Crippen LogP contribution in [0.5, 0.6) is 11.5 Å². The quantitative estimate of drug-likeness (QED) is 0.728. The van der Waals surface area contributed by atoms with E-state index in [1.165, 1.54) is 0 Å². The van der Waals surface area contributed by atoms with Gasteiger partial charge in [0.1, 0.15) is 11.5 Å². The summed E-state index contributed by atoms with van der Waals surface area (Å²) in [6.45, 7) is 3.83. The van der Waals surface area contributed by atoms with Crippen molar-refractivity contribution in [2.75, 3.05) is 0 Å². The lowest BCUT2D eigenvalue weighted by Crippen LogP contribution is -1.85. The van der Waals surface area contributed by atoms with Crippen LogP contribution in [-0.2, 0) is 0 Å². The Morgan fingerprint density at radius 1 is 1.00 bits per heavy atom. The van der Waals surface area contributed by atoms with Crippen molar-refractivity contribution in [2.24, 2.45) is 0 Å². The zero-order chi connectivity index (χ0) is 10.7. The highest BCUT2D eigenvalue weighted by Crippen LogP contribution is 2.29. The second kappa shape index (κ2) is 4.37. The van der Waals surface area contributed by atoms with E-state index in [2.05, 4.69) is 6.92 Å². The highest BCUT2D eigenvalue weighted by molar-refractivity contribution is 6.32. The SMILES string of the molecule is [CH2]c1ccc(Cl)c(Oc2ccccc2)c1. The molecule has 0 saturated carbocycles. The summed E-state index contributed by atoms with van der Waals surface area (Å²) in [6, 6.07) is 15.0. The summed E-state index contributed by atoms with van der Waals surface area (Å²) >= 11 is 5.99.